The molecule has 1 aromatic heterocycles. The molecule has 1 unspecified atom stereocenters. The lowest BCUT2D eigenvalue weighted by Crippen LogP contribution is -2.45. The van der Waals surface area contributed by atoms with Gasteiger partial charge >= 0.3 is 0 Å². The molecule has 0 bridgehead atoms. The van der Waals surface area contributed by atoms with Crippen molar-refractivity contribution >= 4 is 20.9 Å². The Morgan fingerprint density at radius 3 is 3.00 bits per heavy atom. The number of aryl methyl sites for hydroxylation is 1. The van der Waals surface area contributed by atoms with E-state index in [0.29, 0.717) is 25.2 Å². The molecule has 3 rings (SSSR count). The molecule has 1 aromatic carbocycles. The lowest BCUT2D eigenvalue weighted by molar-refractivity contribution is -0.00275. The van der Waals surface area contributed by atoms with Crippen LogP contribution in [0, 0.1) is 6.92 Å². The molecule has 0 radical (unpaired) electrons. The van der Waals surface area contributed by atoms with Gasteiger partial charge in [0.15, 0.2) is 0 Å². The third-order valence-corrected chi connectivity index (χ3v) is 5.88. The van der Waals surface area contributed by atoms with E-state index >= 15 is 0 Å². The Kier molecular flexibility index (Phi) is 4.16. The Bertz CT molecular complexity index is 789. The van der Waals surface area contributed by atoms with Gasteiger partial charge < -0.3 is 4.74 Å². The van der Waals surface area contributed by atoms with Crippen molar-refractivity contribution in [3.8, 4) is 0 Å². The highest BCUT2D eigenvalue weighted by molar-refractivity contribution is 7.89. The number of pyridine rings is 1. The Morgan fingerprint density at radius 1 is 1.41 bits per heavy atom. The summed E-state index contributed by atoms with van der Waals surface area (Å²) in [6.45, 7) is 5.18. The maximum atomic E-state index is 13.0. The average molecular weight is 320 g/mol. The topological polar surface area (TPSA) is 59.5 Å². The zero-order valence-electron chi connectivity index (χ0n) is 12.8. The zero-order chi connectivity index (χ0) is 15.7. The zero-order valence-corrected chi connectivity index (χ0v) is 13.6. The van der Waals surface area contributed by atoms with Gasteiger partial charge in [0, 0.05) is 24.7 Å². The third-order valence-electron chi connectivity index (χ3n) is 3.99. The molecule has 2 heterocycles. The minimum Gasteiger partial charge on any atom is -0.375 e. The predicted molar refractivity (Wildman–Crippen MR) is 85.3 cm³/mol. The molecule has 0 aliphatic carbocycles. The number of hydrogen-bond donors (Lipinski definition) is 0. The quantitative estimate of drug-likeness (QED) is 0.871. The largest absolute Gasteiger partial charge is 0.375 e. The van der Waals surface area contributed by atoms with Crippen LogP contribution in [0.15, 0.2) is 35.4 Å². The van der Waals surface area contributed by atoms with Crippen molar-refractivity contribution in [1.29, 1.82) is 0 Å². The summed E-state index contributed by atoms with van der Waals surface area (Å²) in [5, 5.41) is 0.848. The molecule has 1 fully saturated rings. The number of morpholine rings is 1. The van der Waals surface area contributed by atoms with Crippen molar-refractivity contribution < 1.29 is 13.2 Å². The molecule has 1 aliphatic rings. The van der Waals surface area contributed by atoms with Crippen molar-refractivity contribution in [1.82, 2.24) is 9.29 Å². The Hall–Kier alpha value is -1.50. The summed E-state index contributed by atoms with van der Waals surface area (Å²) < 4.78 is 33.0. The van der Waals surface area contributed by atoms with Crippen molar-refractivity contribution in [2.24, 2.45) is 0 Å². The van der Waals surface area contributed by atoms with Crippen LogP contribution in [0.3, 0.4) is 0 Å². The van der Waals surface area contributed by atoms with E-state index in [0.717, 1.165) is 17.4 Å². The molecular formula is C16H20N2O3S. The van der Waals surface area contributed by atoms with E-state index in [1.54, 1.807) is 18.3 Å². The van der Waals surface area contributed by atoms with Gasteiger partial charge in [0.2, 0.25) is 10.0 Å². The van der Waals surface area contributed by atoms with Gasteiger partial charge in [-0.15, -0.1) is 0 Å². The molecule has 1 saturated heterocycles. The van der Waals surface area contributed by atoms with E-state index < -0.39 is 10.0 Å². The second kappa shape index (κ2) is 5.95. The number of ether oxygens (including phenoxy) is 1. The van der Waals surface area contributed by atoms with Crippen molar-refractivity contribution in [3.63, 3.8) is 0 Å². The first-order valence-electron chi connectivity index (χ1n) is 7.49. The molecule has 0 spiro atoms. The third kappa shape index (κ3) is 2.74. The Labute approximate surface area is 131 Å². The van der Waals surface area contributed by atoms with Gasteiger partial charge in [-0.2, -0.15) is 4.31 Å². The molecule has 118 valence electrons. The highest BCUT2D eigenvalue weighted by Crippen LogP contribution is 2.26. The number of rotatable bonds is 3. The lowest BCUT2D eigenvalue weighted by atomic mass is 10.2. The summed E-state index contributed by atoms with van der Waals surface area (Å²) >= 11 is 0. The smallest absolute Gasteiger partial charge is 0.245 e. The molecule has 6 heteroatoms. The highest BCUT2D eigenvalue weighted by Gasteiger charge is 2.31. The summed E-state index contributed by atoms with van der Waals surface area (Å²) in [5.41, 5.74) is 1.55. The molecule has 0 saturated carbocycles. The summed E-state index contributed by atoms with van der Waals surface area (Å²) in [7, 11) is -3.55. The predicted octanol–water partition coefficient (Wildman–Crippen LogP) is 2.34. The fourth-order valence-corrected chi connectivity index (χ4v) is 4.37. The molecule has 0 amide bonds. The van der Waals surface area contributed by atoms with Crippen LogP contribution in [0.4, 0.5) is 0 Å². The van der Waals surface area contributed by atoms with Crippen LogP contribution in [0.5, 0.6) is 0 Å². The van der Waals surface area contributed by atoms with Gasteiger partial charge in [-0.1, -0.05) is 19.1 Å². The normalized spacial score (nSPS) is 20.4. The van der Waals surface area contributed by atoms with Crippen LogP contribution in [0.25, 0.3) is 10.9 Å². The number of nitrogens with zero attached hydrogens (tertiary/aromatic N) is 2. The molecule has 2 aromatic rings. The highest BCUT2D eigenvalue weighted by atomic mass is 32.2. The van der Waals surface area contributed by atoms with E-state index in [9.17, 15) is 8.42 Å². The Morgan fingerprint density at radius 2 is 2.23 bits per heavy atom. The van der Waals surface area contributed by atoms with E-state index in [-0.39, 0.29) is 11.0 Å². The molecule has 1 aliphatic heterocycles. The number of sulfonamides is 1. The van der Waals surface area contributed by atoms with Gasteiger partial charge in [0.25, 0.3) is 0 Å². The first kappa shape index (κ1) is 15.4. The van der Waals surface area contributed by atoms with E-state index in [4.69, 9.17) is 4.74 Å². The van der Waals surface area contributed by atoms with Gasteiger partial charge in [-0.25, -0.2) is 8.42 Å². The standard InChI is InChI=1S/C16H20N2O3S/c1-3-14-11-18(7-8-21-14)22(19,20)15-6-4-5-13-9-12(2)10-17-16(13)15/h4-6,9-10,14H,3,7-8,11H2,1-2H3. The number of hydrogen-bond acceptors (Lipinski definition) is 4. The maximum Gasteiger partial charge on any atom is 0.245 e. The fraction of sp³-hybridized carbons (Fsp3) is 0.438. The van der Waals surface area contributed by atoms with E-state index in [1.165, 1.54) is 4.31 Å². The molecule has 22 heavy (non-hydrogen) atoms. The van der Waals surface area contributed by atoms with Crippen molar-refractivity contribution in [3.05, 3.63) is 36.0 Å². The second-order valence-corrected chi connectivity index (χ2v) is 7.51. The number of benzene rings is 1. The molecule has 0 N–H and O–H groups in total. The first-order valence-corrected chi connectivity index (χ1v) is 8.93. The van der Waals surface area contributed by atoms with Crippen molar-refractivity contribution in [2.45, 2.75) is 31.3 Å². The monoisotopic (exact) mass is 320 g/mol. The maximum absolute atomic E-state index is 13.0. The van der Waals surface area contributed by atoms with Crippen LogP contribution in [-0.2, 0) is 14.8 Å². The van der Waals surface area contributed by atoms with Gasteiger partial charge in [0.1, 0.15) is 4.90 Å². The van der Waals surface area contributed by atoms with Crippen molar-refractivity contribution in [2.75, 3.05) is 19.7 Å². The van der Waals surface area contributed by atoms with Crippen LogP contribution < -0.4 is 0 Å². The molecular weight excluding hydrogens is 300 g/mol. The summed E-state index contributed by atoms with van der Waals surface area (Å²) in [6, 6.07) is 7.25. The van der Waals surface area contributed by atoms with E-state index in [2.05, 4.69) is 4.98 Å². The van der Waals surface area contributed by atoms with Crippen LogP contribution in [0.2, 0.25) is 0 Å². The number of fused-ring (bicyclic) bond motifs is 1. The summed E-state index contributed by atoms with van der Waals surface area (Å²) in [5.74, 6) is 0. The Balaban J connectivity index is 2.05. The SMILES string of the molecule is CCC1CN(S(=O)(=O)c2cccc3cc(C)cnc23)CCO1. The average Bonchev–Trinajstić information content (AvgIpc) is 2.54. The summed E-state index contributed by atoms with van der Waals surface area (Å²) in [4.78, 5) is 4.62. The van der Waals surface area contributed by atoms with E-state index in [1.807, 2.05) is 26.0 Å². The van der Waals surface area contributed by atoms with Crippen LogP contribution in [0.1, 0.15) is 18.9 Å². The second-order valence-electron chi connectivity index (χ2n) is 5.60. The van der Waals surface area contributed by atoms with Crippen LogP contribution in [-0.4, -0.2) is 43.5 Å². The minimum absolute atomic E-state index is 0.0336. The van der Waals surface area contributed by atoms with Gasteiger partial charge in [-0.3, -0.25) is 4.98 Å². The fourth-order valence-electron chi connectivity index (χ4n) is 2.75. The van der Waals surface area contributed by atoms with Gasteiger partial charge in [-0.05, 0) is 31.0 Å². The molecule has 5 nitrogen and oxygen atoms in total. The van der Waals surface area contributed by atoms with Gasteiger partial charge in [0.05, 0.1) is 18.2 Å². The minimum atomic E-state index is -3.55. The number of para-hydroxylation sites is 1. The summed E-state index contributed by atoms with van der Waals surface area (Å²) in [6.07, 6.45) is 2.47. The molecule has 1 atom stereocenters. The lowest BCUT2D eigenvalue weighted by Gasteiger charge is -2.31. The number of aromatic nitrogens is 1. The van der Waals surface area contributed by atoms with Crippen LogP contribution >= 0.6 is 0 Å². The first-order chi connectivity index (χ1) is 10.5.